The van der Waals surface area contributed by atoms with Crippen molar-refractivity contribution in [2.45, 2.75) is 19.4 Å². The monoisotopic (exact) mass is 358 g/mol. The van der Waals surface area contributed by atoms with Crippen molar-refractivity contribution in [1.82, 2.24) is 10.2 Å². The van der Waals surface area contributed by atoms with E-state index in [1.807, 2.05) is 46.7 Å². The quantitative estimate of drug-likeness (QED) is 0.894. The van der Waals surface area contributed by atoms with E-state index in [0.717, 1.165) is 16.2 Å². The molecule has 0 aliphatic carbocycles. The van der Waals surface area contributed by atoms with Gasteiger partial charge in [-0.1, -0.05) is 24.3 Å². The van der Waals surface area contributed by atoms with E-state index >= 15 is 0 Å². The van der Waals surface area contributed by atoms with Crippen LogP contribution in [0.1, 0.15) is 28.1 Å². The van der Waals surface area contributed by atoms with E-state index < -0.39 is 0 Å². The minimum Gasteiger partial charge on any atom is -0.496 e. The summed E-state index contributed by atoms with van der Waals surface area (Å²) in [6.45, 7) is 1.71. The maximum absolute atomic E-state index is 12.4. The van der Waals surface area contributed by atoms with E-state index in [9.17, 15) is 9.59 Å². The number of carbonyl (C=O) groups is 2. The van der Waals surface area contributed by atoms with Crippen molar-refractivity contribution < 1.29 is 14.3 Å². The van der Waals surface area contributed by atoms with Gasteiger partial charge in [-0.15, -0.1) is 11.3 Å². The number of methoxy groups -OCH3 is 1. The highest BCUT2D eigenvalue weighted by Gasteiger charge is 2.28. The number of carbonyl (C=O) groups excluding carboxylic acids is 2. The van der Waals surface area contributed by atoms with Crippen LogP contribution in [0.5, 0.6) is 5.75 Å². The molecule has 132 valence electrons. The highest BCUT2D eigenvalue weighted by molar-refractivity contribution is 7.12. The Bertz CT molecular complexity index is 722. The highest BCUT2D eigenvalue weighted by Crippen LogP contribution is 2.22. The average Bonchev–Trinajstić information content (AvgIpc) is 3.20. The fourth-order valence-electron chi connectivity index (χ4n) is 3.08. The van der Waals surface area contributed by atoms with Gasteiger partial charge in [0.2, 0.25) is 5.91 Å². The zero-order valence-electron chi connectivity index (χ0n) is 14.2. The predicted molar refractivity (Wildman–Crippen MR) is 97.8 cm³/mol. The third-order valence-corrected chi connectivity index (χ3v) is 5.39. The second kappa shape index (κ2) is 8.16. The van der Waals surface area contributed by atoms with Crippen LogP contribution in [-0.4, -0.2) is 36.9 Å². The molecule has 0 spiro atoms. The van der Waals surface area contributed by atoms with Gasteiger partial charge in [0.25, 0.3) is 5.91 Å². The fourth-order valence-corrected chi connectivity index (χ4v) is 3.77. The molecule has 1 aromatic heterocycles. The Morgan fingerprint density at radius 2 is 1.96 bits per heavy atom. The summed E-state index contributed by atoms with van der Waals surface area (Å²) in [6, 6.07) is 11.4. The van der Waals surface area contributed by atoms with Crippen molar-refractivity contribution in [2.24, 2.45) is 5.92 Å². The van der Waals surface area contributed by atoms with Gasteiger partial charge in [-0.2, -0.15) is 0 Å². The van der Waals surface area contributed by atoms with Gasteiger partial charge >= 0.3 is 0 Å². The first-order valence-electron chi connectivity index (χ1n) is 8.41. The van der Waals surface area contributed by atoms with E-state index in [2.05, 4.69) is 5.32 Å². The maximum Gasteiger partial charge on any atom is 0.263 e. The molecule has 0 saturated carbocycles. The number of rotatable bonds is 5. The predicted octanol–water partition coefficient (Wildman–Crippen LogP) is 2.93. The van der Waals surface area contributed by atoms with Gasteiger partial charge in [0.05, 0.1) is 12.0 Å². The Hall–Kier alpha value is -2.34. The number of benzene rings is 1. The number of likely N-dealkylation sites (tertiary alicyclic amines) is 1. The molecule has 3 rings (SSSR count). The molecule has 1 aromatic carbocycles. The van der Waals surface area contributed by atoms with E-state index in [4.69, 9.17) is 4.74 Å². The lowest BCUT2D eigenvalue weighted by Gasteiger charge is -2.31. The molecule has 1 aliphatic heterocycles. The summed E-state index contributed by atoms with van der Waals surface area (Å²) < 4.78 is 5.30. The fraction of sp³-hybridized carbons (Fsp3) is 0.368. The zero-order valence-corrected chi connectivity index (χ0v) is 15.1. The van der Waals surface area contributed by atoms with Crippen LogP contribution in [0.2, 0.25) is 0 Å². The number of hydrogen-bond donors (Lipinski definition) is 1. The molecule has 0 bridgehead atoms. The Kier molecular flexibility index (Phi) is 5.71. The lowest BCUT2D eigenvalue weighted by molar-refractivity contribution is -0.126. The first-order chi connectivity index (χ1) is 12.2. The number of nitrogens with one attached hydrogen (secondary N) is 1. The molecule has 1 N–H and O–H groups in total. The standard InChI is InChI=1S/C19H22N2O3S/c1-24-16-6-3-2-5-15(16)13-20-18(22)14-8-10-21(11-9-14)19(23)17-7-4-12-25-17/h2-7,12,14H,8-11,13H2,1H3,(H,20,22). The molecular formula is C19H22N2O3S. The third-order valence-electron chi connectivity index (χ3n) is 4.53. The normalized spacial score (nSPS) is 15.0. The third kappa shape index (κ3) is 4.20. The first-order valence-corrected chi connectivity index (χ1v) is 9.29. The number of ether oxygens (including phenoxy) is 1. The molecule has 25 heavy (non-hydrogen) atoms. The zero-order chi connectivity index (χ0) is 17.6. The van der Waals surface area contributed by atoms with Crippen molar-refractivity contribution >= 4 is 23.2 Å². The maximum atomic E-state index is 12.4. The van der Waals surface area contributed by atoms with Crippen molar-refractivity contribution in [3.8, 4) is 5.75 Å². The van der Waals surface area contributed by atoms with Gasteiger partial charge in [-0.25, -0.2) is 0 Å². The van der Waals surface area contributed by atoms with Crippen LogP contribution in [0.15, 0.2) is 41.8 Å². The molecule has 0 atom stereocenters. The minimum atomic E-state index is -0.0397. The topological polar surface area (TPSA) is 58.6 Å². The van der Waals surface area contributed by atoms with Crippen LogP contribution in [-0.2, 0) is 11.3 Å². The van der Waals surface area contributed by atoms with Crippen LogP contribution in [0, 0.1) is 5.92 Å². The van der Waals surface area contributed by atoms with Gasteiger partial charge in [-0.3, -0.25) is 9.59 Å². The summed E-state index contributed by atoms with van der Waals surface area (Å²) >= 11 is 1.46. The number of thiophene rings is 1. The van der Waals surface area contributed by atoms with Gasteiger partial charge in [0.1, 0.15) is 5.75 Å². The molecule has 2 amide bonds. The van der Waals surface area contributed by atoms with Gasteiger partial charge < -0.3 is 15.0 Å². The van der Waals surface area contributed by atoms with Crippen LogP contribution >= 0.6 is 11.3 Å². The van der Waals surface area contributed by atoms with Gasteiger partial charge in [-0.05, 0) is 30.4 Å². The Morgan fingerprint density at radius 3 is 2.64 bits per heavy atom. The summed E-state index contributed by atoms with van der Waals surface area (Å²) in [6.07, 6.45) is 1.41. The highest BCUT2D eigenvalue weighted by atomic mass is 32.1. The van der Waals surface area contributed by atoms with E-state index in [-0.39, 0.29) is 17.7 Å². The lowest BCUT2D eigenvalue weighted by atomic mass is 9.95. The van der Waals surface area contributed by atoms with Crippen LogP contribution in [0.3, 0.4) is 0 Å². The number of amides is 2. The molecule has 0 unspecified atom stereocenters. The number of para-hydroxylation sites is 1. The van der Waals surface area contributed by atoms with E-state index in [0.29, 0.717) is 32.5 Å². The molecule has 1 saturated heterocycles. The summed E-state index contributed by atoms with van der Waals surface area (Å²) in [5.41, 5.74) is 0.962. The molecule has 2 heterocycles. The van der Waals surface area contributed by atoms with Crippen LogP contribution < -0.4 is 10.1 Å². The summed E-state index contributed by atoms with van der Waals surface area (Å²) in [7, 11) is 1.63. The Labute approximate surface area is 151 Å². The summed E-state index contributed by atoms with van der Waals surface area (Å²) in [5.74, 6) is 0.860. The van der Waals surface area contributed by atoms with Crippen LogP contribution in [0.25, 0.3) is 0 Å². The summed E-state index contributed by atoms with van der Waals surface area (Å²) in [5, 5.41) is 4.90. The Morgan fingerprint density at radius 1 is 1.20 bits per heavy atom. The van der Waals surface area contributed by atoms with E-state index in [1.165, 1.54) is 11.3 Å². The van der Waals surface area contributed by atoms with Crippen molar-refractivity contribution in [3.05, 3.63) is 52.2 Å². The molecule has 1 fully saturated rings. The number of nitrogens with zero attached hydrogens (tertiary/aromatic N) is 1. The second-order valence-electron chi connectivity index (χ2n) is 6.07. The molecule has 5 nitrogen and oxygen atoms in total. The molecule has 0 radical (unpaired) electrons. The number of hydrogen-bond acceptors (Lipinski definition) is 4. The molecule has 1 aliphatic rings. The SMILES string of the molecule is COc1ccccc1CNC(=O)C1CCN(C(=O)c2cccs2)CC1. The van der Waals surface area contributed by atoms with Gasteiger partial charge in [0, 0.05) is 31.1 Å². The van der Waals surface area contributed by atoms with Gasteiger partial charge in [0.15, 0.2) is 0 Å². The largest absolute Gasteiger partial charge is 0.496 e. The van der Waals surface area contributed by atoms with Crippen molar-refractivity contribution in [3.63, 3.8) is 0 Å². The second-order valence-corrected chi connectivity index (χ2v) is 7.02. The molecule has 2 aromatic rings. The van der Waals surface area contributed by atoms with Crippen LogP contribution in [0.4, 0.5) is 0 Å². The van der Waals surface area contributed by atoms with E-state index in [1.54, 1.807) is 7.11 Å². The first kappa shape index (κ1) is 17.5. The molecule has 6 heteroatoms. The minimum absolute atomic E-state index is 0.0397. The Balaban J connectivity index is 1.49. The summed E-state index contributed by atoms with van der Waals surface area (Å²) in [4.78, 5) is 27.4. The molecular weight excluding hydrogens is 336 g/mol. The lowest BCUT2D eigenvalue weighted by Crippen LogP contribution is -2.42. The average molecular weight is 358 g/mol. The van der Waals surface area contributed by atoms with Crippen molar-refractivity contribution in [2.75, 3.05) is 20.2 Å². The number of piperidine rings is 1. The smallest absolute Gasteiger partial charge is 0.263 e. The van der Waals surface area contributed by atoms with Crippen molar-refractivity contribution in [1.29, 1.82) is 0 Å².